The van der Waals surface area contributed by atoms with Crippen LogP contribution in [0.5, 0.6) is 0 Å². The Bertz CT molecular complexity index is 1270. The first-order chi connectivity index (χ1) is 18.1. The highest BCUT2D eigenvalue weighted by Crippen LogP contribution is 2.37. The Balaban J connectivity index is 1.78. The topological polar surface area (TPSA) is 102 Å². The number of halogens is 2. The molecule has 12 heteroatoms. The maximum absolute atomic E-state index is 14.0. The van der Waals surface area contributed by atoms with E-state index in [-0.39, 0.29) is 12.4 Å². The summed E-state index contributed by atoms with van der Waals surface area (Å²) in [6, 6.07) is 3.53. The lowest BCUT2D eigenvalue weighted by Crippen LogP contribution is -2.43. The Labute approximate surface area is 233 Å². The van der Waals surface area contributed by atoms with Crippen LogP contribution in [0.15, 0.2) is 44.3 Å². The van der Waals surface area contributed by atoms with Crippen molar-refractivity contribution in [3.8, 4) is 0 Å². The number of nitrogens with zero attached hydrogens (tertiary/aromatic N) is 3. The second-order valence-electron chi connectivity index (χ2n) is 9.62. The number of esters is 2. The average Bonchev–Trinajstić information content (AvgIpc) is 3.40. The van der Waals surface area contributed by atoms with Gasteiger partial charge in [-0.3, -0.25) is 14.7 Å². The largest absolute Gasteiger partial charge is 0.469 e. The predicted octanol–water partition coefficient (Wildman–Crippen LogP) is 3.74. The van der Waals surface area contributed by atoms with Crippen LogP contribution in [-0.4, -0.2) is 74.7 Å². The third-order valence-electron chi connectivity index (χ3n) is 6.49. The van der Waals surface area contributed by atoms with E-state index >= 15 is 0 Å². The average molecular weight is 610 g/mol. The second-order valence-corrected chi connectivity index (χ2v) is 11.3. The summed E-state index contributed by atoms with van der Waals surface area (Å²) in [6.45, 7) is 6.90. The van der Waals surface area contributed by atoms with E-state index in [0.717, 1.165) is 5.69 Å². The number of thiazole rings is 1. The molecule has 2 aromatic rings. The van der Waals surface area contributed by atoms with Gasteiger partial charge in [0.25, 0.3) is 0 Å². The van der Waals surface area contributed by atoms with Crippen LogP contribution in [0, 0.1) is 5.82 Å². The minimum absolute atomic E-state index is 0.173. The lowest BCUT2D eigenvalue weighted by atomic mass is 9.86. The number of hydrogen-bond acceptors (Lipinski definition) is 10. The van der Waals surface area contributed by atoms with Crippen LogP contribution in [0.3, 0.4) is 0 Å². The molecule has 1 fully saturated rings. The molecule has 1 N–H and O–H groups in total. The van der Waals surface area contributed by atoms with Crippen molar-refractivity contribution in [3.05, 3.63) is 61.4 Å². The highest BCUT2D eigenvalue weighted by molar-refractivity contribution is 9.10. The number of hydrogen-bond donors (Lipinski definition) is 1. The molecule has 1 unspecified atom stereocenters. The van der Waals surface area contributed by atoms with Crippen LogP contribution in [-0.2, 0) is 29.2 Å². The number of amidine groups is 1. The molecule has 38 heavy (non-hydrogen) atoms. The van der Waals surface area contributed by atoms with Crippen molar-refractivity contribution < 1.29 is 28.2 Å². The molecule has 2 aliphatic heterocycles. The third kappa shape index (κ3) is 6.31. The molecular weight excluding hydrogens is 579 g/mol. The summed E-state index contributed by atoms with van der Waals surface area (Å²) in [4.78, 5) is 36.9. The summed E-state index contributed by atoms with van der Waals surface area (Å²) in [5.41, 5.74) is 1.77. The Morgan fingerprint density at radius 3 is 2.66 bits per heavy atom. The van der Waals surface area contributed by atoms with Crippen LogP contribution in [0.4, 0.5) is 4.39 Å². The molecule has 2 aliphatic rings. The fourth-order valence-electron chi connectivity index (χ4n) is 4.33. The summed E-state index contributed by atoms with van der Waals surface area (Å²) in [7, 11) is 2.69. The molecule has 204 valence electrons. The van der Waals surface area contributed by atoms with Crippen molar-refractivity contribution in [1.82, 2.24) is 15.2 Å². The molecule has 9 nitrogen and oxygen atoms in total. The molecule has 1 atom stereocenters. The Morgan fingerprint density at radius 1 is 1.26 bits per heavy atom. The maximum Gasteiger partial charge on any atom is 0.338 e. The molecule has 1 aromatic heterocycles. The maximum atomic E-state index is 14.0. The normalized spacial score (nSPS) is 18.6. The van der Waals surface area contributed by atoms with Gasteiger partial charge in [-0.1, -0.05) is 35.8 Å². The zero-order valence-corrected chi connectivity index (χ0v) is 24.1. The molecule has 1 aromatic carbocycles. The number of benzene rings is 1. The molecule has 0 spiro atoms. The van der Waals surface area contributed by atoms with Crippen molar-refractivity contribution in [3.63, 3.8) is 0 Å². The van der Waals surface area contributed by atoms with Crippen LogP contribution in [0.1, 0.15) is 42.6 Å². The Hall–Kier alpha value is -2.67. The molecule has 0 bridgehead atoms. The van der Waals surface area contributed by atoms with Gasteiger partial charge in [-0.05, 0) is 17.7 Å². The minimum atomic E-state index is -0.764. The SMILES string of the molecule is COC(=O)CC(C)(C)c1csc(C2=NC(c3ccc(F)cc3Br)C(C(=O)OC)=C(CN3CCOCC3)N2)n1. The van der Waals surface area contributed by atoms with Crippen LogP contribution >= 0.6 is 27.3 Å². The number of aliphatic imine (C=N–C) groups is 1. The third-order valence-corrected chi connectivity index (χ3v) is 8.02. The minimum Gasteiger partial charge on any atom is -0.469 e. The fraction of sp³-hybridized carbons (Fsp3) is 0.462. The molecule has 1 saturated heterocycles. The van der Waals surface area contributed by atoms with Gasteiger partial charge in [0, 0.05) is 40.6 Å². The number of rotatable bonds is 8. The number of aromatic nitrogens is 1. The zero-order chi connectivity index (χ0) is 27.4. The zero-order valence-electron chi connectivity index (χ0n) is 21.7. The summed E-state index contributed by atoms with van der Waals surface area (Å²) < 4.78 is 29.9. The van der Waals surface area contributed by atoms with Gasteiger partial charge < -0.3 is 19.5 Å². The quantitative estimate of drug-likeness (QED) is 0.452. The van der Waals surface area contributed by atoms with Gasteiger partial charge in [-0.2, -0.15) is 0 Å². The monoisotopic (exact) mass is 608 g/mol. The van der Waals surface area contributed by atoms with E-state index in [1.165, 1.54) is 37.7 Å². The van der Waals surface area contributed by atoms with Gasteiger partial charge in [0.15, 0.2) is 10.8 Å². The van der Waals surface area contributed by atoms with E-state index in [2.05, 4.69) is 26.1 Å². The van der Waals surface area contributed by atoms with Crippen molar-refractivity contribution in [2.75, 3.05) is 47.1 Å². The van der Waals surface area contributed by atoms with E-state index < -0.39 is 23.2 Å². The highest BCUT2D eigenvalue weighted by Gasteiger charge is 2.35. The number of methoxy groups -OCH3 is 2. The standard InChI is InChI=1S/C26H30BrFN4O5S/c1-26(2,12-20(33)35-3)19-14-38-24(30-19)23-29-18(13-32-7-9-37-10-8-32)21(25(34)36-4)22(31-23)16-6-5-15(28)11-17(16)27/h5-6,11,14,22H,7-10,12-13H2,1-4H3,(H,29,31). The number of ether oxygens (including phenoxy) is 3. The number of carbonyl (C=O) groups is 2. The Kier molecular flexibility index (Phi) is 8.96. The van der Waals surface area contributed by atoms with E-state index in [1.54, 1.807) is 6.07 Å². The lowest BCUT2D eigenvalue weighted by Gasteiger charge is -2.32. The van der Waals surface area contributed by atoms with E-state index in [1.807, 2.05) is 19.2 Å². The number of carbonyl (C=O) groups excluding carboxylic acids is 2. The molecule has 0 radical (unpaired) electrons. The van der Waals surface area contributed by atoms with Crippen LogP contribution in [0.25, 0.3) is 0 Å². The lowest BCUT2D eigenvalue weighted by molar-refractivity contribution is -0.142. The fourth-order valence-corrected chi connectivity index (χ4v) is 5.86. The van der Waals surface area contributed by atoms with Gasteiger partial charge in [0.05, 0.1) is 45.1 Å². The summed E-state index contributed by atoms with van der Waals surface area (Å²) in [5, 5.41) is 5.84. The molecule has 3 heterocycles. The molecule has 0 aliphatic carbocycles. The van der Waals surface area contributed by atoms with E-state index in [0.29, 0.717) is 65.0 Å². The van der Waals surface area contributed by atoms with Gasteiger partial charge >= 0.3 is 11.9 Å². The first kappa shape index (κ1) is 28.3. The van der Waals surface area contributed by atoms with Gasteiger partial charge in [-0.15, -0.1) is 11.3 Å². The van der Waals surface area contributed by atoms with Gasteiger partial charge in [-0.25, -0.2) is 14.2 Å². The number of nitrogens with one attached hydrogen (secondary N) is 1. The Morgan fingerprint density at radius 2 is 2.00 bits per heavy atom. The van der Waals surface area contributed by atoms with Crippen molar-refractivity contribution in [2.45, 2.75) is 31.7 Å². The van der Waals surface area contributed by atoms with E-state index in [4.69, 9.17) is 24.2 Å². The van der Waals surface area contributed by atoms with Crippen molar-refractivity contribution in [1.29, 1.82) is 0 Å². The smallest absolute Gasteiger partial charge is 0.338 e. The van der Waals surface area contributed by atoms with Crippen molar-refractivity contribution in [2.24, 2.45) is 4.99 Å². The van der Waals surface area contributed by atoms with E-state index in [9.17, 15) is 14.0 Å². The second kappa shape index (κ2) is 12.0. The molecular formula is C26H30BrFN4O5S. The summed E-state index contributed by atoms with van der Waals surface area (Å²) in [6.07, 6.45) is 0.173. The van der Waals surface area contributed by atoms with Crippen molar-refractivity contribution >= 4 is 45.0 Å². The number of morpholine rings is 1. The van der Waals surface area contributed by atoms with Gasteiger partial charge in [0.1, 0.15) is 11.9 Å². The predicted molar refractivity (Wildman–Crippen MR) is 145 cm³/mol. The molecule has 4 rings (SSSR count). The first-order valence-electron chi connectivity index (χ1n) is 12.1. The van der Waals surface area contributed by atoms with Gasteiger partial charge in [0.2, 0.25) is 0 Å². The summed E-state index contributed by atoms with van der Waals surface area (Å²) in [5.74, 6) is -0.776. The van der Waals surface area contributed by atoms with Crippen LogP contribution in [0.2, 0.25) is 0 Å². The molecule has 0 amide bonds. The first-order valence-corrected chi connectivity index (χ1v) is 13.7. The molecule has 0 saturated carbocycles. The summed E-state index contributed by atoms with van der Waals surface area (Å²) >= 11 is 4.83. The van der Waals surface area contributed by atoms with Crippen LogP contribution < -0.4 is 5.32 Å². The highest BCUT2D eigenvalue weighted by atomic mass is 79.9.